The molecule has 2 fully saturated rings. The third kappa shape index (κ3) is 3.88. The van der Waals surface area contributed by atoms with Crippen LogP contribution in [0, 0.1) is 5.92 Å². The van der Waals surface area contributed by atoms with Crippen molar-refractivity contribution in [2.45, 2.75) is 64.3 Å². The molecule has 2 heterocycles. The maximum absolute atomic E-state index is 12.4. The minimum Gasteiger partial charge on any atom is -0.339 e. The van der Waals surface area contributed by atoms with Crippen LogP contribution < -0.4 is 5.32 Å². The first-order chi connectivity index (χ1) is 11.2. The molecule has 1 aliphatic heterocycles. The van der Waals surface area contributed by atoms with Crippen molar-refractivity contribution in [2.75, 3.05) is 11.9 Å². The second kappa shape index (κ2) is 7.38. The fourth-order valence-electron chi connectivity index (χ4n) is 3.48. The van der Waals surface area contributed by atoms with Crippen molar-refractivity contribution in [3.05, 3.63) is 5.01 Å². The Kier molecular flexibility index (Phi) is 5.25. The van der Waals surface area contributed by atoms with Crippen LogP contribution in [-0.4, -0.2) is 39.5 Å². The molecule has 23 heavy (non-hydrogen) atoms. The largest absolute Gasteiger partial charge is 0.339 e. The Hall–Kier alpha value is -1.50. The zero-order valence-electron chi connectivity index (χ0n) is 13.6. The second-order valence-electron chi connectivity index (χ2n) is 6.48. The summed E-state index contributed by atoms with van der Waals surface area (Å²) in [5.41, 5.74) is 0. The van der Waals surface area contributed by atoms with Crippen LogP contribution in [-0.2, 0) is 16.0 Å². The topological polar surface area (TPSA) is 75.2 Å². The lowest BCUT2D eigenvalue weighted by Gasteiger charge is -2.31. The number of hydrogen-bond donors (Lipinski definition) is 1. The number of aromatic nitrogens is 2. The third-order valence-electron chi connectivity index (χ3n) is 4.71. The van der Waals surface area contributed by atoms with Crippen molar-refractivity contribution in [1.82, 2.24) is 15.1 Å². The number of likely N-dealkylation sites (tertiary alicyclic amines) is 1. The van der Waals surface area contributed by atoms with Crippen molar-refractivity contribution >= 4 is 28.3 Å². The lowest BCUT2D eigenvalue weighted by atomic mass is 9.94. The van der Waals surface area contributed by atoms with Gasteiger partial charge in [0.25, 0.3) is 0 Å². The Morgan fingerprint density at radius 3 is 2.83 bits per heavy atom. The van der Waals surface area contributed by atoms with E-state index in [0.29, 0.717) is 24.1 Å². The van der Waals surface area contributed by atoms with Crippen LogP contribution in [0.3, 0.4) is 0 Å². The summed E-state index contributed by atoms with van der Waals surface area (Å²) in [4.78, 5) is 26.6. The van der Waals surface area contributed by atoms with Crippen molar-refractivity contribution in [1.29, 1.82) is 0 Å². The van der Waals surface area contributed by atoms with Crippen molar-refractivity contribution in [2.24, 2.45) is 5.92 Å². The molecule has 6 nitrogen and oxygen atoms in total. The molecule has 1 saturated heterocycles. The van der Waals surface area contributed by atoms with E-state index in [1.807, 2.05) is 4.90 Å². The third-order valence-corrected chi connectivity index (χ3v) is 5.60. The highest BCUT2D eigenvalue weighted by atomic mass is 32.1. The van der Waals surface area contributed by atoms with Crippen LogP contribution in [0.4, 0.5) is 5.13 Å². The van der Waals surface area contributed by atoms with Crippen LogP contribution in [0.2, 0.25) is 0 Å². The van der Waals surface area contributed by atoms with Crippen molar-refractivity contribution in [3.8, 4) is 0 Å². The van der Waals surface area contributed by atoms with Gasteiger partial charge >= 0.3 is 0 Å². The molecule has 2 amide bonds. The van der Waals surface area contributed by atoms with E-state index < -0.39 is 0 Å². The molecule has 1 saturated carbocycles. The summed E-state index contributed by atoms with van der Waals surface area (Å²) in [6.45, 7) is 2.64. The molecule has 3 rings (SSSR count). The molecule has 2 aliphatic rings. The molecule has 1 aromatic heterocycles. The SMILES string of the molecule is CCCc1nnc(NC(=O)[C@H]2CC(=O)N(C3CCCCC3)C2)s1. The van der Waals surface area contributed by atoms with Gasteiger partial charge in [0, 0.05) is 25.4 Å². The Balaban J connectivity index is 1.56. The van der Waals surface area contributed by atoms with Gasteiger partial charge in [-0.25, -0.2) is 0 Å². The highest BCUT2D eigenvalue weighted by molar-refractivity contribution is 7.15. The molecule has 0 bridgehead atoms. The Morgan fingerprint density at radius 2 is 2.09 bits per heavy atom. The van der Waals surface area contributed by atoms with Crippen LogP contribution >= 0.6 is 11.3 Å². The predicted octanol–water partition coefficient (Wildman–Crippen LogP) is 2.61. The number of anilines is 1. The summed E-state index contributed by atoms with van der Waals surface area (Å²) in [7, 11) is 0. The van der Waals surface area contributed by atoms with Gasteiger partial charge in [-0.3, -0.25) is 9.59 Å². The fraction of sp³-hybridized carbons (Fsp3) is 0.750. The first-order valence-electron chi connectivity index (χ1n) is 8.60. The van der Waals surface area contributed by atoms with Gasteiger partial charge in [-0.2, -0.15) is 0 Å². The minimum absolute atomic E-state index is 0.101. The molecule has 1 atom stereocenters. The molecule has 1 N–H and O–H groups in total. The predicted molar refractivity (Wildman–Crippen MR) is 89.2 cm³/mol. The highest BCUT2D eigenvalue weighted by Gasteiger charge is 2.38. The van der Waals surface area contributed by atoms with Crippen molar-refractivity contribution < 1.29 is 9.59 Å². The summed E-state index contributed by atoms with van der Waals surface area (Å²) < 4.78 is 0. The van der Waals surface area contributed by atoms with Gasteiger partial charge in [-0.05, 0) is 19.3 Å². The van der Waals surface area contributed by atoms with E-state index in [4.69, 9.17) is 0 Å². The number of carbonyl (C=O) groups excluding carboxylic acids is 2. The molecule has 0 radical (unpaired) electrons. The summed E-state index contributed by atoms with van der Waals surface area (Å²) in [5.74, 6) is -0.236. The standard InChI is InChI=1S/C16H24N4O2S/c1-2-6-13-18-19-16(23-13)17-15(22)11-9-14(21)20(10-11)12-7-4-3-5-8-12/h11-12H,2-10H2,1H3,(H,17,19,22)/t11-/m0/s1. The molecule has 1 aliphatic carbocycles. The first-order valence-corrected chi connectivity index (χ1v) is 9.41. The molecular weight excluding hydrogens is 312 g/mol. The zero-order chi connectivity index (χ0) is 16.2. The number of nitrogens with one attached hydrogen (secondary N) is 1. The smallest absolute Gasteiger partial charge is 0.231 e. The molecule has 126 valence electrons. The Morgan fingerprint density at radius 1 is 1.30 bits per heavy atom. The van der Waals surface area contributed by atoms with Gasteiger partial charge in [0.2, 0.25) is 16.9 Å². The van der Waals surface area contributed by atoms with Gasteiger partial charge in [-0.1, -0.05) is 37.5 Å². The monoisotopic (exact) mass is 336 g/mol. The molecule has 7 heteroatoms. The molecule has 0 aromatic carbocycles. The Bertz CT molecular complexity index is 568. The van der Waals surface area contributed by atoms with Gasteiger partial charge < -0.3 is 10.2 Å². The second-order valence-corrected chi connectivity index (χ2v) is 7.54. The van der Waals surface area contributed by atoms with Gasteiger partial charge in [0.15, 0.2) is 0 Å². The van der Waals surface area contributed by atoms with Crippen LogP contribution in [0.5, 0.6) is 0 Å². The molecule has 0 spiro atoms. The van der Waals surface area contributed by atoms with Crippen LogP contribution in [0.25, 0.3) is 0 Å². The van der Waals surface area contributed by atoms with Gasteiger partial charge in [-0.15, -0.1) is 10.2 Å². The average Bonchev–Trinajstić information content (AvgIpc) is 3.15. The van der Waals surface area contributed by atoms with Crippen molar-refractivity contribution in [3.63, 3.8) is 0 Å². The summed E-state index contributed by atoms with van der Waals surface area (Å²) in [6.07, 6.45) is 8.02. The normalized spacial score (nSPS) is 22.6. The van der Waals surface area contributed by atoms with E-state index in [1.165, 1.54) is 30.6 Å². The summed E-state index contributed by atoms with van der Waals surface area (Å²) >= 11 is 1.42. The number of amides is 2. The highest BCUT2D eigenvalue weighted by Crippen LogP contribution is 2.29. The molecular formula is C16H24N4O2S. The van der Waals surface area contributed by atoms with E-state index in [2.05, 4.69) is 22.4 Å². The first kappa shape index (κ1) is 16.4. The lowest BCUT2D eigenvalue weighted by molar-refractivity contribution is -0.130. The number of rotatable bonds is 5. The van der Waals surface area contributed by atoms with Gasteiger partial charge in [0.1, 0.15) is 5.01 Å². The van der Waals surface area contributed by atoms with Crippen LogP contribution in [0.15, 0.2) is 0 Å². The summed E-state index contributed by atoms with van der Waals surface area (Å²) in [5, 5.41) is 12.4. The number of carbonyl (C=O) groups is 2. The minimum atomic E-state index is -0.261. The quantitative estimate of drug-likeness (QED) is 0.897. The van der Waals surface area contributed by atoms with Crippen LogP contribution in [0.1, 0.15) is 56.9 Å². The van der Waals surface area contributed by atoms with E-state index in [-0.39, 0.29) is 17.7 Å². The van der Waals surface area contributed by atoms with E-state index in [1.54, 1.807) is 0 Å². The van der Waals surface area contributed by atoms with E-state index in [9.17, 15) is 9.59 Å². The zero-order valence-corrected chi connectivity index (χ0v) is 14.4. The molecule has 1 aromatic rings. The number of hydrogen-bond acceptors (Lipinski definition) is 5. The summed E-state index contributed by atoms with van der Waals surface area (Å²) in [6, 6.07) is 0.340. The number of aryl methyl sites for hydroxylation is 1. The fourth-order valence-corrected chi connectivity index (χ4v) is 4.32. The maximum Gasteiger partial charge on any atom is 0.231 e. The maximum atomic E-state index is 12.4. The van der Waals surface area contributed by atoms with Gasteiger partial charge in [0.05, 0.1) is 5.92 Å². The number of nitrogens with zero attached hydrogens (tertiary/aromatic N) is 3. The van der Waals surface area contributed by atoms with E-state index in [0.717, 1.165) is 30.7 Å². The van der Waals surface area contributed by atoms with E-state index >= 15 is 0 Å². The lowest BCUT2D eigenvalue weighted by Crippen LogP contribution is -2.38. The Labute approximate surface area is 140 Å². The average molecular weight is 336 g/mol. The molecule has 0 unspecified atom stereocenters.